The Balaban J connectivity index is 3.71. The molecule has 0 fully saturated rings. The summed E-state index contributed by atoms with van der Waals surface area (Å²) in [5, 5.41) is 0. The molecule has 0 saturated heterocycles. The van der Waals surface area contributed by atoms with Crippen LogP contribution in [0.3, 0.4) is 0 Å². The molecule has 0 aliphatic carbocycles. The lowest BCUT2D eigenvalue weighted by Gasteiger charge is -2.09. The summed E-state index contributed by atoms with van der Waals surface area (Å²) in [6.45, 7) is 1.28. The maximum atomic E-state index is 12.1. The normalized spacial score (nSPS) is 11.4. The Kier molecular flexibility index (Phi) is 2.55. The Hall–Kier alpha value is -0.670. The molecule has 4 heteroatoms. The predicted octanol–water partition coefficient (Wildman–Crippen LogP) is 1.23. The topological polar surface area (TPSA) is 40.9 Å². The first kappa shape index (κ1) is 8.33. The maximum absolute atomic E-state index is 12.1. The van der Waals surface area contributed by atoms with Gasteiger partial charge in [-0.3, -0.25) is 10.5 Å². The number of hydrogen-bond donors (Lipinski definition) is 0. The molecule has 0 aliphatic rings. The molecule has 0 spiro atoms. The van der Waals surface area contributed by atoms with Crippen molar-refractivity contribution in [3.8, 4) is 0 Å². The minimum atomic E-state index is -2.97. The Bertz CT molecular complexity index is 114. The van der Waals surface area contributed by atoms with Gasteiger partial charge in [-0.05, 0) is 0 Å². The summed E-state index contributed by atoms with van der Waals surface area (Å²) >= 11 is 0. The van der Waals surface area contributed by atoms with E-state index >= 15 is 0 Å². The highest BCUT2D eigenvalue weighted by Gasteiger charge is 2.28. The Morgan fingerprint density at radius 3 is 2.22 bits per heavy atom. The van der Waals surface area contributed by atoms with Gasteiger partial charge < -0.3 is 0 Å². The van der Waals surface area contributed by atoms with Gasteiger partial charge in [0.05, 0.1) is 6.42 Å². The van der Waals surface area contributed by atoms with Crippen LogP contribution in [-0.2, 0) is 4.79 Å². The summed E-state index contributed by atoms with van der Waals surface area (Å²) in [7, 11) is 0. The zero-order valence-electron chi connectivity index (χ0n) is 5.08. The standard InChI is InChI=1S/C5H8F2NO/c1-2-5(6,7)3-4(8)9/h8H,2-3H2,1H3. The van der Waals surface area contributed by atoms with Crippen LogP contribution in [0.2, 0.25) is 0 Å². The molecule has 0 saturated carbocycles. The maximum Gasteiger partial charge on any atom is 0.256 e. The van der Waals surface area contributed by atoms with Gasteiger partial charge in [0.15, 0.2) is 0 Å². The third kappa shape index (κ3) is 3.88. The van der Waals surface area contributed by atoms with Gasteiger partial charge in [0.25, 0.3) is 5.92 Å². The van der Waals surface area contributed by atoms with Crippen molar-refractivity contribution in [3.05, 3.63) is 0 Å². The highest BCUT2D eigenvalue weighted by Crippen LogP contribution is 2.21. The van der Waals surface area contributed by atoms with Crippen LogP contribution in [0.15, 0.2) is 0 Å². The van der Waals surface area contributed by atoms with Crippen LogP contribution in [0, 0.1) is 0 Å². The van der Waals surface area contributed by atoms with Crippen LogP contribution in [0.4, 0.5) is 8.78 Å². The minimum absolute atomic E-state index is 0.377. The molecular weight excluding hydrogens is 128 g/mol. The van der Waals surface area contributed by atoms with E-state index < -0.39 is 18.3 Å². The van der Waals surface area contributed by atoms with Gasteiger partial charge in [-0.25, -0.2) is 8.78 Å². The van der Waals surface area contributed by atoms with Crippen molar-refractivity contribution in [1.82, 2.24) is 5.73 Å². The number of hydrogen-bond acceptors (Lipinski definition) is 1. The molecule has 0 unspecified atom stereocenters. The van der Waals surface area contributed by atoms with E-state index in [2.05, 4.69) is 0 Å². The second-order valence-electron chi connectivity index (χ2n) is 1.81. The van der Waals surface area contributed by atoms with E-state index in [4.69, 9.17) is 5.73 Å². The molecule has 0 atom stereocenters. The number of rotatable bonds is 3. The van der Waals surface area contributed by atoms with Crippen LogP contribution >= 0.6 is 0 Å². The molecule has 1 amide bonds. The van der Waals surface area contributed by atoms with Crippen LogP contribution in [0.25, 0.3) is 0 Å². The van der Waals surface area contributed by atoms with Crippen molar-refractivity contribution in [2.45, 2.75) is 25.7 Å². The number of halogens is 2. The van der Waals surface area contributed by atoms with Crippen LogP contribution in [0.1, 0.15) is 19.8 Å². The molecule has 1 N–H and O–H groups in total. The summed E-state index contributed by atoms with van der Waals surface area (Å²) in [5.74, 6) is -4.18. The number of carbonyl (C=O) groups is 1. The minimum Gasteiger partial charge on any atom is -0.273 e. The van der Waals surface area contributed by atoms with Crippen molar-refractivity contribution in [2.24, 2.45) is 0 Å². The van der Waals surface area contributed by atoms with E-state index in [9.17, 15) is 13.6 Å². The summed E-state index contributed by atoms with van der Waals surface area (Å²) < 4.78 is 24.1. The average Bonchev–Trinajstić information content (AvgIpc) is 1.63. The van der Waals surface area contributed by atoms with Gasteiger partial charge in [-0.1, -0.05) is 6.92 Å². The molecule has 2 nitrogen and oxygen atoms in total. The first-order valence-electron chi connectivity index (χ1n) is 2.60. The monoisotopic (exact) mass is 136 g/mol. The molecule has 0 rings (SSSR count). The molecule has 0 aromatic rings. The molecule has 0 aromatic carbocycles. The molecule has 0 heterocycles. The Morgan fingerprint density at radius 1 is 1.67 bits per heavy atom. The van der Waals surface area contributed by atoms with Gasteiger partial charge in [-0.15, -0.1) is 0 Å². The zero-order valence-corrected chi connectivity index (χ0v) is 5.08. The number of amides is 1. The molecule has 53 valence electrons. The van der Waals surface area contributed by atoms with Crippen molar-refractivity contribution in [3.63, 3.8) is 0 Å². The molecular formula is C5H8F2NO. The largest absolute Gasteiger partial charge is 0.273 e. The van der Waals surface area contributed by atoms with Gasteiger partial charge in [0, 0.05) is 6.42 Å². The van der Waals surface area contributed by atoms with Crippen molar-refractivity contribution >= 4 is 5.91 Å². The Morgan fingerprint density at radius 2 is 2.11 bits per heavy atom. The highest BCUT2D eigenvalue weighted by molar-refractivity contribution is 5.73. The molecule has 1 radical (unpaired) electrons. The summed E-state index contributed by atoms with van der Waals surface area (Å²) in [5.41, 5.74) is 6.22. The van der Waals surface area contributed by atoms with Crippen LogP contribution in [-0.4, -0.2) is 11.8 Å². The van der Waals surface area contributed by atoms with Gasteiger partial charge in [0.1, 0.15) is 0 Å². The second kappa shape index (κ2) is 2.75. The van der Waals surface area contributed by atoms with E-state index in [1.54, 1.807) is 0 Å². The lowest BCUT2D eigenvalue weighted by molar-refractivity contribution is -0.126. The van der Waals surface area contributed by atoms with Crippen LogP contribution in [0.5, 0.6) is 0 Å². The van der Waals surface area contributed by atoms with E-state index in [1.165, 1.54) is 6.92 Å². The SMILES string of the molecule is CCC(F)(F)CC([NH])=O. The number of carbonyl (C=O) groups excluding carboxylic acids is 1. The summed E-state index contributed by atoms with van der Waals surface area (Å²) in [6.07, 6.45) is -1.33. The molecule has 9 heavy (non-hydrogen) atoms. The highest BCUT2D eigenvalue weighted by atomic mass is 19.3. The molecule has 0 aliphatic heterocycles. The van der Waals surface area contributed by atoms with E-state index in [0.717, 1.165) is 0 Å². The van der Waals surface area contributed by atoms with Crippen molar-refractivity contribution in [2.75, 3.05) is 0 Å². The summed E-state index contributed by atoms with van der Waals surface area (Å²) in [6, 6.07) is 0. The van der Waals surface area contributed by atoms with Gasteiger partial charge in [-0.2, -0.15) is 0 Å². The molecule has 0 aromatic heterocycles. The van der Waals surface area contributed by atoms with Crippen LogP contribution < -0.4 is 5.73 Å². The third-order valence-corrected chi connectivity index (χ3v) is 0.936. The fourth-order valence-corrected chi connectivity index (χ4v) is 0.360. The summed E-state index contributed by atoms with van der Waals surface area (Å²) in [4.78, 5) is 9.80. The van der Waals surface area contributed by atoms with E-state index in [-0.39, 0.29) is 6.42 Å². The zero-order chi connectivity index (χ0) is 7.49. The predicted molar refractivity (Wildman–Crippen MR) is 28.0 cm³/mol. The van der Waals surface area contributed by atoms with Gasteiger partial charge >= 0.3 is 0 Å². The fraction of sp³-hybridized carbons (Fsp3) is 0.800. The first-order chi connectivity index (χ1) is 3.98. The number of nitrogens with one attached hydrogen (secondary N) is 1. The fourth-order valence-electron chi connectivity index (χ4n) is 0.360. The van der Waals surface area contributed by atoms with E-state index in [0.29, 0.717) is 0 Å². The van der Waals surface area contributed by atoms with Gasteiger partial charge in [0.2, 0.25) is 5.91 Å². The lowest BCUT2D eigenvalue weighted by atomic mass is 10.2. The number of alkyl halides is 2. The average molecular weight is 136 g/mol. The first-order valence-corrected chi connectivity index (χ1v) is 2.60. The Labute approximate surface area is 52.0 Å². The molecule has 0 bridgehead atoms. The third-order valence-electron chi connectivity index (χ3n) is 0.936. The smallest absolute Gasteiger partial charge is 0.256 e. The van der Waals surface area contributed by atoms with Crippen molar-refractivity contribution in [1.29, 1.82) is 0 Å². The van der Waals surface area contributed by atoms with Crippen molar-refractivity contribution < 1.29 is 13.6 Å². The second-order valence-corrected chi connectivity index (χ2v) is 1.81. The lowest BCUT2D eigenvalue weighted by Crippen LogP contribution is -2.19. The quantitative estimate of drug-likeness (QED) is 0.575. The van der Waals surface area contributed by atoms with E-state index in [1.807, 2.05) is 0 Å².